The summed E-state index contributed by atoms with van der Waals surface area (Å²) in [4.78, 5) is 2.57. The summed E-state index contributed by atoms with van der Waals surface area (Å²) in [5.41, 5.74) is 0. The molecule has 0 saturated carbocycles. The summed E-state index contributed by atoms with van der Waals surface area (Å²) >= 11 is -0.838. The minimum atomic E-state index is -0.838. The molecule has 0 amide bonds. The molecule has 0 spiro atoms. The second kappa shape index (κ2) is 7.17. The summed E-state index contributed by atoms with van der Waals surface area (Å²) in [5, 5.41) is 0. The van der Waals surface area contributed by atoms with Gasteiger partial charge in [-0.25, -0.2) is 0 Å². The van der Waals surface area contributed by atoms with Crippen molar-refractivity contribution in [3.63, 3.8) is 0 Å². The molecule has 76 valence electrons. The fraction of sp³-hybridized carbons (Fsp3) is 1.00. The van der Waals surface area contributed by atoms with E-state index in [0.717, 1.165) is 0 Å². The van der Waals surface area contributed by atoms with Gasteiger partial charge in [0.05, 0.1) is 0 Å². The average Bonchev–Trinajstić information content (AvgIpc) is 2.65. The molecule has 0 atom stereocenters. The molecule has 2 heteroatoms. The molecule has 1 heterocycles. The molecule has 1 nitrogen and oxygen atoms in total. The van der Waals surface area contributed by atoms with Crippen molar-refractivity contribution in [3.05, 3.63) is 0 Å². The third-order valence-corrected chi connectivity index (χ3v) is 13.9. The van der Waals surface area contributed by atoms with Gasteiger partial charge < -0.3 is 0 Å². The molecule has 0 bridgehead atoms. The first-order valence-corrected chi connectivity index (χ1v) is 13.1. The molecule has 0 aromatic carbocycles. The molecule has 1 fully saturated rings. The second-order valence-electron chi connectivity index (χ2n) is 4.32. The van der Waals surface area contributed by atoms with Crippen LogP contribution in [-0.4, -0.2) is 46.0 Å². The molecule has 1 saturated heterocycles. The van der Waals surface area contributed by atoms with E-state index in [1.807, 2.05) is 0 Å². The summed E-state index contributed by atoms with van der Waals surface area (Å²) in [6.07, 6.45) is 4.69. The van der Waals surface area contributed by atoms with Gasteiger partial charge in [-0.2, -0.15) is 0 Å². The Balaban J connectivity index is 1.98. The first-order valence-electron chi connectivity index (χ1n) is 6.09. The summed E-state index contributed by atoms with van der Waals surface area (Å²) in [5.74, 6) is 0. The minimum absolute atomic E-state index is 0.838. The van der Waals surface area contributed by atoms with E-state index < -0.39 is 21.4 Å². The SMILES string of the molecule is CCN(CC)CC[CH2][In]1[CH2]CC[CH2]1. The van der Waals surface area contributed by atoms with Crippen molar-refractivity contribution in [2.75, 3.05) is 19.6 Å². The van der Waals surface area contributed by atoms with Crippen molar-refractivity contribution in [1.82, 2.24) is 4.90 Å². The Hall–Kier alpha value is 0.830. The Kier molecular flexibility index (Phi) is 6.56. The van der Waals surface area contributed by atoms with Crippen molar-refractivity contribution < 1.29 is 0 Å². The van der Waals surface area contributed by atoms with Crippen LogP contribution in [0.1, 0.15) is 33.1 Å². The Morgan fingerprint density at radius 3 is 2.23 bits per heavy atom. The fourth-order valence-electron chi connectivity index (χ4n) is 2.44. The van der Waals surface area contributed by atoms with Gasteiger partial charge in [0.15, 0.2) is 0 Å². The molecule has 1 aliphatic heterocycles. The summed E-state index contributed by atoms with van der Waals surface area (Å²) in [6.45, 7) is 8.43. The van der Waals surface area contributed by atoms with Crippen molar-refractivity contribution in [1.29, 1.82) is 0 Å². The van der Waals surface area contributed by atoms with Gasteiger partial charge in [0, 0.05) is 0 Å². The molecular weight excluding hydrogens is 261 g/mol. The van der Waals surface area contributed by atoms with Gasteiger partial charge >= 0.3 is 91.6 Å². The molecule has 0 aliphatic carbocycles. The topological polar surface area (TPSA) is 3.24 Å². The third kappa shape index (κ3) is 4.73. The number of hydrogen-bond acceptors (Lipinski definition) is 1. The molecule has 1 aliphatic rings. The zero-order valence-electron chi connectivity index (χ0n) is 9.39. The van der Waals surface area contributed by atoms with Crippen LogP contribution in [0.15, 0.2) is 0 Å². The molecule has 13 heavy (non-hydrogen) atoms. The van der Waals surface area contributed by atoms with Crippen LogP contribution in [0.2, 0.25) is 12.5 Å². The van der Waals surface area contributed by atoms with Crippen molar-refractivity contribution in [2.24, 2.45) is 0 Å². The van der Waals surface area contributed by atoms with E-state index >= 15 is 0 Å². The van der Waals surface area contributed by atoms with E-state index in [-0.39, 0.29) is 0 Å². The van der Waals surface area contributed by atoms with E-state index in [0.29, 0.717) is 0 Å². The van der Waals surface area contributed by atoms with Crippen LogP contribution in [-0.2, 0) is 0 Å². The predicted molar refractivity (Wildman–Crippen MR) is 61.8 cm³/mol. The van der Waals surface area contributed by atoms with E-state index in [1.165, 1.54) is 26.1 Å². The summed E-state index contributed by atoms with van der Waals surface area (Å²) < 4.78 is 5.14. The zero-order valence-corrected chi connectivity index (χ0v) is 12.7. The van der Waals surface area contributed by atoms with Gasteiger partial charge in [-0.15, -0.1) is 0 Å². The molecular formula is C11H24InN. The van der Waals surface area contributed by atoms with Crippen LogP contribution in [0.5, 0.6) is 0 Å². The maximum atomic E-state index is 2.57. The number of hydrogen-bond donors (Lipinski definition) is 0. The molecule has 1 rings (SSSR count). The summed E-state index contributed by atoms with van der Waals surface area (Å²) in [6, 6.07) is 0. The molecule has 0 unspecified atom stereocenters. The maximum absolute atomic E-state index is 2.57. The van der Waals surface area contributed by atoms with Crippen LogP contribution >= 0.6 is 0 Å². The normalized spacial score (nSPS) is 17.3. The van der Waals surface area contributed by atoms with Gasteiger partial charge in [0.2, 0.25) is 0 Å². The molecule has 0 aromatic heterocycles. The Morgan fingerprint density at radius 1 is 1.08 bits per heavy atom. The molecule has 0 aromatic rings. The van der Waals surface area contributed by atoms with Gasteiger partial charge in [-0.1, -0.05) is 0 Å². The second-order valence-corrected chi connectivity index (χ2v) is 14.2. The molecule has 0 radical (unpaired) electrons. The first-order chi connectivity index (χ1) is 6.36. The number of nitrogens with zero attached hydrogens (tertiary/aromatic N) is 1. The quantitative estimate of drug-likeness (QED) is 0.725. The van der Waals surface area contributed by atoms with E-state index in [9.17, 15) is 0 Å². The first kappa shape index (κ1) is 11.9. The van der Waals surface area contributed by atoms with E-state index in [2.05, 4.69) is 18.7 Å². The average molecular weight is 285 g/mol. The van der Waals surface area contributed by atoms with Crippen LogP contribution in [0.4, 0.5) is 0 Å². The van der Waals surface area contributed by atoms with Crippen molar-refractivity contribution >= 4 is 21.4 Å². The molecule has 0 N–H and O–H groups in total. The van der Waals surface area contributed by atoms with Crippen LogP contribution in [0, 0.1) is 0 Å². The summed E-state index contributed by atoms with van der Waals surface area (Å²) in [7, 11) is 0. The van der Waals surface area contributed by atoms with Crippen LogP contribution in [0.3, 0.4) is 0 Å². The van der Waals surface area contributed by atoms with E-state index in [4.69, 9.17) is 0 Å². The third-order valence-electron chi connectivity index (χ3n) is 3.46. The standard InChI is InChI=1S/C7H16N.C4H8.In/c1-4-7-8(5-2)6-3;1-3-4-2;/h1,4-7H2,2-3H3;1-4H2;. The Labute approximate surface area is 91.4 Å². The Morgan fingerprint density at radius 2 is 1.69 bits per heavy atom. The zero-order chi connectivity index (χ0) is 9.52. The van der Waals surface area contributed by atoms with Gasteiger partial charge in [-0.05, 0) is 0 Å². The van der Waals surface area contributed by atoms with Crippen molar-refractivity contribution in [3.8, 4) is 0 Å². The van der Waals surface area contributed by atoms with E-state index in [1.54, 1.807) is 25.4 Å². The predicted octanol–water partition coefficient (Wildman–Crippen LogP) is 3.01. The van der Waals surface area contributed by atoms with Gasteiger partial charge in [0.1, 0.15) is 0 Å². The number of rotatable bonds is 6. The monoisotopic (exact) mass is 285 g/mol. The van der Waals surface area contributed by atoms with Crippen LogP contribution in [0.25, 0.3) is 0 Å². The van der Waals surface area contributed by atoms with Crippen LogP contribution < -0.4 is 0 Å². The van der Waals surface area contributed by atoms with Gasteiger partial charge in [0.25, 0.3) is 0 Å². The van der Waals surface area contributed by atoms with Crippen molar-refractivity contribution in [2.45, 2.75) is 45.6 Å². The fourth-order valence-corrected chi connectivity index (χ4v) is 12.0. The Bertz CT molecular complexity index is 115. The van der Waals surface area contributed by atoms with Gasteiger partial charge in [-0.3, -0.25) is 0 Å².